The second-order valence-electron chi connectivity index (χ2n) is 7.19. The predicted octanol–water partition coefficient (Wildman–Crippen LogP) is 6.85. The highest BCUT2D eigenvalue weighted by Crippen LogP contribution is 2.27. The molecule has 0 saturated heterocycles. The minimum Gasteiger partial charge on any atom is -0.494 e. The summed E-state index contributed by atoms with van der Waals surface area (Å²) >= 11 is 18.0. The Kier molecular flexibility index (Phi) is 8.98. The van der Waals surface area contributed by atoms with Crippen molar-refractivity contribution >= 4 is 58.2 Å². The summed E-state index contributed by atoms with van der Waals surface area (Å²) in [5, 5.41) is 10.4. The Morgan fingerprint density at radius 1 is 0.727 bits per heavy atom. The SMILES string of the molecule is Cl.N=c1n(CCCOc2ccc(Cl)cc2)c2ccccc2n1CCOc1ccc(Cl)cc1Cl. The van der Waals surface area contributed by atoms with E-state index in [2.05, 4.69) is 0 Å². The van der Waals surface area contributed by atoms with Crippen LogP contribution in [0.25, 0.3) is 11.0 Å². The molecule has 0 aliphatic heterocycles. The van der Waals surface area contributed by atoms with Crippen molar-refractivity contribution < 1.29 is 9.47 Å². The molecule has 0 aliphatic carbocycles. The molecule has 33 heavy (non-hydrogen) atoms. The van der Waals surface area contributed by atoms with E-state index in [1.54, 1.807) is 30.3 Å². The highest BCUT2D eigenvalue weighted by molar-refractivity contribution is 6.35. The van der Waals surface area contributed by atoms with Crippen LogP contribution in [-0.2, 0) is 13.1 Å². The van der Waals surface area contributed by atoms with Crippen LogP contribution in [0, 0.1) is 5.41 Å². The van der Waals surface area contributed by atoms with Crippen LogP contribution in [0.15, 0.2) is 66.7 Å². The molecule has 174 valence electrons. The molecule has 5 nitrogen and oxygen atoms in total. The maximum absolute atomic E-state index is 8.72. The van der Waals surface area contributed by atoms with Crippen LogP contribution >= 0.6 is 47.2 Å². The minimum absolute atomic E-state index is 0. The number of imidazole rings is 1. The number of fused-ring (bicyclic) bond motifs is 1. The van der Waals surface area contributed by atoms with Gasteiger partial charge in [-0.1, -0.05) is 46.9 Å². The number of benzene rings is 3. The van der Waals surface area contributed by atoms with Gasteiger partial charge >= 0.3 is 0 Å². The minimum atomic E-state index is 0. The Bertz CT molecular complexity index is 1270. The molecule has 1 N–H and O–H groups in total. The lowest BCUT2D eigenvalue weighted by Gasteiger charge is -2.10. The fraction of sp³-hybridized carbons (Fsp3) is 0.208. The number of rotatable bonds is 9. The quantitative estimate of drug-likeness (QED) is 0.242. The monoisotopic (exact) mass is 525 g/mol. The standard InChI is InChI=1S/C24H22Cl3N3O2.ClH/c25-17-6-9-19(10-7-17)31-14-3-12-29-21-4-1-2-5-22(21)30(24(29)28)13-15-32-23-11-8-18(26)16-20(23)27;/h1-2,4-11,16,28H,3,12-15H2;1H. The number of aromatic nitrogens is 2. The number of nitrogens with one attached hydrogen (secondary N) is 1. The van der Waals surface area contributed by atoms with Crippen molar-refractivity contribution in [3.05, 3.63) is 87.4 Å². The maximum atomic E-state index is 8.72. The Labute approximate surface area is 213 Å². The Hall–Kier alpha value is -2.31. The molecule has 0 spiro atoms. The summed E-state index contributed by atoms with van der Waals surface area (Å²) in [6.07, 6.45) is 0.768. The normalized spacial score (nSPS) is 10.8. The van der Waals surface area contributed by atoms with Gasteiger partial charge in [-0.05, 0) is 61.0 Å². The molecule has 4 aromatic rings. The first kappa shape index (κ1) is 25.3. The van der Waals surface area contributed by atoms with Crippen LogP contribution in [0.4, 0.5) is 0 Å². The summed E-state index contributed by atoms with van der Waals surface area (Å²) in [6.45, 7) is 2.12. The number of para-hydroxylation sites is 2. The zero-order chi connectivity index (χ0) is 22.5. The van der Waals surface area contributed by atoms with Crippen molar-refractivity contribution in [2.45, 2.75) is 19.5 Å². The smallest absolute Gasteiger partial charge is 0.203 e. The molecule has 4 rings (SSSR count). The van der Waals surface area contributed by atoms with Crippen LogP contribution in [-0.4, -0.2) is 22.3 Å². The summed E-state index contributed by atoms with van der Waals surface area (Å²) < 4.78 is 15.6. The second-order valence-corrected chi connectivity index (χ2v) is 8.47. The third-order valence-electron chi connectivity index (χ3n) is 5.05. The lowest BCUT2D eigenvalue weighted by Crippen LogP contribution is -2.27. The molecule has 1 heterocycles. The van der Waals surface area contributed by atoms with Crippen molar-refractivity contribution in [1.29, 1.82) is 5.41 Å². The zero-order valence-electron chi connectivity index (χ0n) is 17.6. The van der Waals surface area contributed by atoms with Crippen molar-refractivity contribution in [3.8, 4) is 11.5 Å². The summed E-state index contributed by atoms with van der Waals surface area (Å²) in [7, 11) is 0. The van der Waals surface area contributed by atoms with Crippen molar-refractivity contribution in [2.24, 2.45) is 0 Å². The number of halogens is 4. The van der Waals surface area contributed by atoms with Gasteiger partial charge < -0.3 is 18.6 Å². The second kappa shape index (κ2) is 11.7. The van der Waals surface area contributed by atoms with Crippen molar-refractivity contribution in [1.82, 2.24) is 9.13 Å². The maximum Gasteiger partial charge on any atom is 0.203 e. The molecule has 3 aromatic carbocycles. The fourth-order valence-corrected chi connectivity index (χ4v) is 4.12. The van der Waals surface area contributed by atoms with Gasteiger partial charge in [0.2, 0.25) is 5.62 Å². The highest BCUT2D eigenvalue weighted by atomic mass is 35.5. The van der Waals surface area contributed by atoms with Gasteiger partial charge in [0.25, 0.3) is 0 Å². The summed E-state index contributed by atoms with van der Waals surface area (Å²) in [5.74, 6) is 1.36. The Morgan fingerprint density at radius 2 is 1.36 bits per heavy atom. The number of hydrogen-bond donors (Lipinski definition) is 1. The average molecular weight is 527 g/mol. The topological polar surface area (TPSA) is 52.2 Å². The van der Waals surface area contributed by atoms with E-state index in [1.807, 2.05) is 45.5 Å². The highest BCUT2D eigenvalue weighted by Gasteiger charge is 2.11. The van der Waals surface area contributed by atoms with Gasteiger partial charge in [0.05, 0.1) is 29.2 Å². The van der Waals surface area contributed by atoms with E-state index in [4.69, 9.17) is 49.7 Å². The van der Waals surface area contributed by atoms with Crippen LogP contribution < -0.4 is 15.1 Å². The molecule has 0 saturated carbocycles. The molecule has 0 unspecified atom stereocenters. The third kappa shape index (κ3) is 6.18. The van der Waals surface area contributed by atoms with Gasteiger partial charge in [-0.25, -0.2) is 0 Å². The Morgan fingerprint density at radius 3 is 2.03 bits per heavy atom. The van der Waals surface area contributed by atoms with Crippen molar-refractivity contribution in [3.63, 3.8) is 0 Å². The summed E-state index contributed by atoms with van der Waals surface area (Å²) in [4.78, 5) is 0. The van der Waals surface area contributed by atoms with E-state index in [0.29, 0.717) is 52.7 Å². The molecular formula is C24H23Cl4N3O2. The molecule has 0 radical (unpaired) electrons. The number of nitrogens with zero attached hydrogens (tertiary/aromatic N) is 2. The fourth-order valence-electron chi connectivity index (χ4n) is 3.53. The van der Waals surface area contributed by atoms with E-state index in [-0.39, 0.29) is 12.4 Å². The lowest BCUT2D eigenvalue weighted by molar-refractivity contribution is 0.292. The first-order valence-electron chi connectivity index (χ1n) is 10.2. The largest absolute Gasteiger partial charge is 0.494 e. The molecule has 1 aromatic heterocycles. The van der Waals surface area contributed by atoms with Crippen molar-refractivity contribution in [2.75, 3.05) is 13.2 Å². The van der Waals surface area contributed by atoms with Gasteiger partial charge in [-0.3, -0.25) is 5.41 Å². The Balaban J connectivity index is 0.00000306. The predicted molar refractivity (Wildman–Crippen MR) is 137 cm³/mol. The number of ether oxygens (including phenoxy) is 2. The number of aryl methyl sites for hydroxylation is 1. The van der Waals surface area contributed by atoms with Gasteiger partial charge in [0.1, 0.15) is 18.1 Å². The van der Waals surface area contributed by atoms with Gasteiger partial charge in [0, 0.05) is 16.6 Å². The molecule has 0 bridgehead atoms. The van der Waals surface area contributed by atoms with E-state index < -0.39 is 0 Å². The average Bonchev–Trinajstić information content (AvgIpc) is 3.05. The molecule has 0 atom stereocenters. The van der Waals surface area contributed by atoms with Crippen LogP contribution in [0.5, 0.6) is 11.5 Å². The van der Waals surface area contributed by atoms with E-state index in [0.717, 1.165) is 23.2 Å². The molecule has 0 aliphatic rings. The molecular weight excluding hydrogens is 504 g/mol. The zero-order valence-corrected chi connectivity index (χ0v) is 20.7. The van der Waals surface area contributed by atoms with E-state index >= 15 is 0 Å². The van der Waals surface area contributed by atoms with Crippen LogP contribution in [0.2, 0.25) is 15.1 Å². The van der Waals surface area contributed by atoms with Gasteiger partial charge in [0.15, 0.2) is 0 Å². The first-order chi connectivity index (χ1) is 15.5. The van der Waals surface area contributed by atoms with Gasteiger partial charge in [-0.15, -0.1) is 12.4 Å². The first-order valence-corrected chi connectivity index (χ1v) is 11.4. The van der Waals surface area contributed by atoms with Crippen LogP contribution in [0.1, 0.15) is 6.42 Å². The third-order valence-corrected chi connectivity index (χ3v) is 5.83. The van der Waals surface area contributed by atoms with E-state index in [1.165, 1.54) is 0 Å². The van der Waals surface area contributed by atoms with Gasteiger partial charge in [-0.2, -0.15) is 0 Å². The van der Waals surface area contributed by atoms with E-state index in [9.17, 15) is 0 Å². The summed E-state index contributed by atoms with van der Waals surface area (Å²) in [5.41, 5.74) is 2.42. The van der Waals surface area contributed by atoms with Crippen LogP contribution in [0.3, 0.4) is 0 Å². The summed E-state index contributed by atoms with van der Waals surface area (Å²) in [6, 6.07) is 20.5. The molecule has 9 heteroatoms. The lowest BCUT2D eigenvalue weighted by atomic mass is 10.3. The number of hydrogen-bond acceptors (Lipinski definition) is 3. The molecule has 0 amide bonds. The molecule has 0 fully saturated rings.